The van der Waals surface area contributed by atoms with E-state index in [0.29, 0.717) is 24.4 Å². The summed E-state index contributed by atoms with van der Waals surface area (Å²) < 4.78 is 7.08. The molecule has 0 aromatic rings. The fourth-order valence-corrected chi connectivity index (χ4v) is 12.1. The van der Waals surface area contributed by atoms with Crippen LogP contribution in [0.2, 0.25) is 0 Å². The van der Waals surface area contributed by atoms with Gasteiger partial charge in [0.1, 0.15) is 0 Å². The molecule has 194 valence electrons. The highest BCUT2D eigenvalue weighted by atomic mass is 16.5. The number of aliphatic hydroxyl groups excluding tert-OH is 3. The number of hydrogen-bond donors (Lipinski definition) is 3. The van der Waals surface area contributed by atoms with Crippen LogP contribution >= 0.6 is 0 Å². The van der Waals surface area contributed by atoms with E-state index in [1.807, 2.05) is 0 Å². The molecule has 0 aromatic carbocycles. The number of rotatable bonds is 1. The minimum atomic E-state index is -0.313. The van der Waals surface area contributed by atoms with Gasteiger partial charge in [0, 0.05) is 17.4 Å². The summed E-state index contributed by atoms with van der Waals surface area (Å²) >= 11 is 0. The van der Waals surface area contributed by atoms with Gasteiger partial charge in [-0.3, -0.25) is 0 Å². The fraction of sp³-hybridized carbons (Fsp3) is 1.00. The Morgan fingerprint density at radius 1 is 0.735 bits per heavy atom. The van der Waals surface area contributed by atoms with Gasteiger partial charge in [0.25, 0.3) is 0 Å². The van der Waals surface area contributed by atoms with Crippen molar-refractivity contribution in [2.45, 2.75) is 124 Å². The lowest BCUT2D eigenvalue weighted by Gasteiger charge is -2.75. The molecule has 6 fully saturated rings. The lowest BCUT2D eigenvalue weighted by atomic mass is 9.30. The first-order chi connectivity index (χ1) is 15.7. The minimum absolute atomic E-state index is 0.0399. The maximum Gasteiger partial charge on any atom is 0.0777 e. The van der Waals surface area contributed by atoms with Crippen molar-refractivity contribution in [2.75, 3.05) is 13.2 Å². The molecule has 0 radical (unpaired) electrons. The van der Waals surface area contributed by atoms with Crippen molar-refractivity contribution in [2.24, 2.45) is 50.2 Å². The number of aliphatic hydroxyl groups is 3. The van der Waals surface area contributed by atoms with Gasteiger partial charge < -0.3 is 20.1 Å². The molecule has 11 atom stereocenters. The molecule has 0 amide bonds. The molecule has 1 saturated heterocycles. The summed E-state index contributed by atoms with van der Waals surface area (Å²) in [5.41, 5.74) is -0.130. The van der Waals surface area contributed by atoms with Crippen molar-refractivity contribution in [3.63, 3.8) is 0 Å². The first-order valence-corrected chi connectivity index (χ1v) is 14.4. The molecule has 1 heterocycles. The molecule has 6 rings (SSSR count). The molecule has 1 spiro atoms. The van der Waals surface area contributed by atoms with Gasteiger partial charge in [0.15, 0.2) is 0 Å². The average Bonchev–Trinajstić information content (AvgIpc) is 3.05. The normalized spacial score (nSPS) is 62.2. The van der Waals surface area contributed by atoms with Crippen LogP contribution in [0.15, 0.2) is 0 Å². The smallest absolute Gasteiger partial charge is 0.0777 e. The molecule has 0 unspecified atom stereocenters. The van der Waals surface area contributed by atoms with E-state index in [1.165, 1.54) is 19.3 Å². The third-order valence-electron chi connectivity index (χ3n) is 14.4. The van der Waals surface area contributed by atoms with Crippen LogP contribution in [0, 0.1) is 50.2 Å². The van der Waals surface area contributed by atoms with Crippen molar-refractivity contribution >= 4 is 0 Å². The SMILES string of the molecule is CC1(C)[C@@H](O)CC[C@]2(C)[C@H]3CC[C@]45OC[C@@]6(CC[C@](C)(CO)C[C@H]64)[C@H](O)C[C@@]5(C)[C@]3(C)CC[C@@H]12. The van der Waals surface area contributed by atoms with E-state index in [9.17, 15) is 15.3 Å². The van der Waals surface area contributed by atoms with Crippen molar-refractivity contribution in [1.82, 2.24) is 0 Å². The zero-order chi connectivity index (χ0) is 24.6. The predicted octanol–water partition coefficient (Wildman–Crippen LogP) is 5.32. The van der Waals surface area contributed by atoms with Crippen LogP contribution in [-0.2, 0) is 4.74 Å². The van der Waals surface area contributed by atoms with Crippen LogP contribution < -0.4 is 0 Å². The van der Waals surface area contributed by atoms with E-state index in [2.05, 4.69) is 41.5 Å². The van der Waals surface area contributed by atoms with Gasteiger partial charge in [0.05, 0.1) is 24.4 Å². The van der Waals surface area contributed by atoms with Gasteiger partial charge in [-0.2, -0.15) is 0 Å². The Morgan fingerprint density at radius 2 is 1.44 bits per heavy atom. The Labute approximate surface area is 207 Å². The molecular weight excluding hydrogens is 424 g/mol. The lowest BCUT2D eigenvalue weighted by Crippen LogP contribution is -2.74. The monoisotopic (exact) mass is 474 g/mol. The maximum atomic E-state index is 11.9. The summed E-state index contributed by atoms with van der Waals surface area (Å²) in [4.78, 5) is 0. The fourth-order valence-electron chi connectivity index (χ4n) is 12.1. The molecule has 6 aliphatic rings. The predicted molar refractivity (Wildman–Crippen MR) is 133 cm³/mol. The van der Waals surface area contributed by atoms with Gasteiger partial charge in [0.2, 0.25) is 0 Å². The van der Waals surface area contributed by atoms with Gasteiger partial charge in [-0.15, -0.1) is 0 Å². The van der Waals surface area contributed by atoms with E-state index in [-0.39, 0.29) is 56.9 Å². The number of fused-ring (bicyclic) bond motifs is 4. The molecule has 4 heteroatoms. The van der Waals surface area contributed by atoms with Crippen LogP contribution in [-0.4, -0.2) is 46.3 Å². The summed E-state index contributed by atoms with van der Waals surface area (Å²) in [5, 5.41) is 33.1. The first-order valence-electron chi connectivity index (χ1n) is 14.4. The Hall–Kier alpha value is -0.160. The van der Waals surface area contributed by atoms with E-state index in [1.54, 1.807) is 0 Å². The van der Waals surface area contributed by atoms with E-state index >= 15 is 0 Å². The largest absolute Gasteiger partial charge is 0.396 e. The molecule has 5 saturated carbocycles. The Kier molecular flexibility index (Phi) is 4.86. The Bertz CT molecular complexity index is 872. The quantitative estimate of drug-likeness (QED) is 0.481. The van der Waals surface area contributed by atoms with Crippen molar-refractivity contribution < 1.29 is 20.1 Å². The minimum Gasteiger partial charge on any atom is -0.396 e. The van der Waals surface area contributed by atoms with Gasteiger partial charge in [-0.05, 0) is 104 Å². The van der Waals surface area contributed by atoms with Gasteiger partial charge in [-0.1, -0.05) is 41.5 Å². The third kappa shape index (κ3) is 2.46. The van der Waals surface area contributed by atoms with E-state index in [4.69, 9.17) is 4.74 Å². The van der Waals surface area contributed by atoms with Crippen molar-refractivity contribution in [3.05, 3.63) is 0 Å². The molecule has 0 aromatic heterocycles. The average molecular weight is 475 g/mol. The zero-order valence-corrected chi connectivity index (χ0v) is 22.6. The van der Waals surface area contributed by atoms with Gasteiger partial charge in [-0.25, -0.2) is 0 Å². The second-order valence-electron chi connectivity index (χ2n) is 15.7. The van der Waals surface area contributed by atoms with Crippen molar-refractivity contribution in [1.29, 1.82) is 0 Å². The summed E-state index contributed by atoms with van der Waals surface area (Å²) in [6.07, 6.45) is 9.96. The highest BCUT2D eigenvalue weighted by Crippen LogP contribution is 2.80. The highest BCUT2D eigenvalue weighted by molar-refractivity contribution is 5.28. The molecule has 4 nitrogen and oxygen atoms in total. The molecular formula is C30H50O4. The maximum absolute atomic E-state index is 11.9. The Morgan fingerprint density at radius 3 is 2.15 bits per heavy atom. The first kappa shape index (κ1) is 24.2. The molecule has 34 heavy (non-hydrogen) atoms. The number of ether oxygens (including phenoxy) is 1. The standard InChI is InChI=1S/C30H50O4/c1-24(2)19-7-11-27(5)20(26(19,4)10-9-22(24)32)8-12-30-21-15-25(3,17-31)13-14-29(21,18-34-30)23(33)16-28(27,30)6/h19-23,31-33H,7-18H2,1-6H3/t19-,20+,21+,22-,23+,25-,26-,27+,28-,29+,30-/m0/s1. The summed E-state index contributed by atoms with van der Waals surface area (Å²) in [6, 6.07) is 0. The van der Waals surface area contributed by atoms with Crippen LogP contribution in [0.5, 0.6) is 0 Å². The zero-order valence-electron chi connectivity index (χ0n) is 22.6. The van der Waals surface area contributed by atoms with Crippen LogP contribution in [0.4, 0.5) is 0 Å². The van der Waals surface area contributed by atoms with Gasteiger partial charge >= 0.3 is 0 Å². The van der Waals surface area contributed by atoms with E-state index < -0.39 is 0 Å². The molecule has 2 bridgehead atoms. The van der Waals surface area contributed by atoms with E-state index in [0.717, 1.165) is 44.9 Å². The third-order valence-corrected chi connectivity index (χ3v) is 14.4. The summed E-state index contributed by atoms with van der Waals surface area (Å²) in [5.74, 6) is 1.48. The second kappa shape index (κ2) is 6.83. The summed E-state index contributed by atoms with van der Waals surface area (Å²) in [7, 11) is 0. The van der Waals surface area contributed by atoms with Crippen LogP contribution in [0.3, 0.4) is 0 Å². The lowest BCUT2D eigenvalue weighted by molar-refractivity contribution is -0.298. The second-order valence-corrected chi connectivity index (χ2v) is 15.7. The summed E-state index contributed by atoms with van der Waals surface area (Å²) in [6.45, 7) is 15.4. The highest BCUT2D eigenvalue weighted by Gasteiger charge is 2.79. The number of hydrogen-bond acceptors (Lipinski definition) is 4. The molecule has 5 aliphatic carbocycles. The van der Waals surface area contributed by atoms with Crippen LogP contribution in [0.25, 0.3) is 0 Å². The Balaban J connectivity index is 1.45. The van der Waals surface area contributed by atoms with Crippen molar-refractivity contribution in [3.8, 4) is 0 Å². The topological polar surface area (TPSA) is 69.9 Å². The molecule has 1 aliphatic heterocycles. The molecule has 3 N–H and O–H groups in total. The van der Waals surface area contributed by atoms with Crippen LogP contribution in [0.1, 0.15) is 106 Å².